The van der Waals surface area contributed by atoms with Gasteiger partial charge < -0.3 is 19.9 Å². The first-order valence-electron chi connectivity index (χ1n) is 8.36. The number of methoxy groups -OCH3 is 1. The van der Waals surface area contributed by atoms with Gasteiger partial charge in [0.2, 0.25) is 17.7 Å². The lowest BCUT2D eigenvalue weighted by molar-refractivity contribution is -0.129. The highest BCUT2D eigenvalue weighted by Crippen LogP contribution is 2.39. The third-order valence-corrected chi connectivity index (χ3v) is 4.79. The highest BCUT2D eigenvalue weighted by atomic mass is 16.5. The van der Waals surface area contributed by atoms with Crippen molar-refractivity contribution in [1.82, 2.24) is 9.88 Å². The minimum Gasteiger partial charge on any atom is -0.481 e. The van der Waals surface area contributed by atoms with Crippen molar-refractivity contribution in [2.24, 2.45) is 11.8 Å². The Morgan fingerprint density at radius 1 is 1.25 bits per heavy atom. The third-order valence-electron chi connectivity index (χ3n) is 4.79. The van der Waals surface area contributed by atoms with E-state index in [4.69, 9.17) is 4.74 Å². The summed E-state index contributed by atoms with van der Waals surface area (Å²) in [6.07, 6.45) is 0.946. The Bertz CT molecular complexity index is 641. The van der Waals surface area contributed by atoms with Crippen LogP contribution in [0.3, 0.4) is 0 Å². The quantitative estimate of drug-likeness (QED) is 0.901. The van der Waals surface area contributed by atoms with Crippen molar-refractivity contribution < 1.29 is 14.3 Å². The summed E-state index contributed by atoms with van der Waals surface area (Å²) < 4.78 is 5.23. The Morgan fingerprint density at radius 2 is 1.92 bits per heavy atom. The topological polar surface area (TPSA) is 74.8 Å². The summed E-state index contributed by atoms with van der Waals surface area (Å²) in [5.74, 6) is 1.92. The summed E-state index contributed by atoms with van der Waals surface area (Å²) >= 11 is 0. The second-order valence-electron chi connectivity index (χ2n) is 6.53. The highest BCUT2D eigenvalue weighted by Gasteiger charge is 2.39. The molecular weight excluding hydrogens is 308 g/mol. The van der Waals surface area contributed by atoms with Crippen molar-refractivity contribution >= 4 is 23.3 Å². The molecule has 2 amide bonds. The van der Waals surface area contributed by atoms with Crippen molar-refractivity contribution in [1.29, 1.82) is 0 Å². The van der Waals surface area contributed by atoms with Crippen LogP contribution in [0.15, 0.2) is 12.1 Å². The van der Waals surface area contributed by atoms with Crippen LogP contribution in [0.4, 0.5) is 11.5 Å². The van der Waals surface area contributed by atoms with Gasteiger partial charge in [0.25, 0.3) is 0 Å². The first kappa shape index (κ1) is 16.5. The van der Waals surface area contributed by atoms with Gasteiger partial charge in [0, 0.05) is 45.1 Å². The Morgan fingerprint density at radius 3 is 2.46 bits per heavy atom. The number of rotatable bonds is 4. The number of hydrogen-bond acceptors (Lipinski definition) is 5. The molecule has 7 nitrogen and oxygen atoms in total. The zero-order valence-electron chi connectivity index (χ0n) is 14.4. The summed E-state index contributed by atoms with van der Waals surface area (Å²) in [6.45, 7) is 6.34. The minimum atomic E-state index is 0.0538. The first-order valence-corrected chi connectivity index (χ1v) is 8.36. The number of hydrogen-bond donors (Lipinski definition) is 1. The van der Waals surface area contributed by atoms with E-state index in [1.165, 1.54) is 0 Å². The minimum absolute atomic E-state index is 0.0538. The van der Waals surface area contributed by atoms with Gasteiger partial charge in [0.15, 0.2) is 5.82 Å². The summed E-state index contributed by atoms with van der Waals surface area (Å²) in [4.78, 5) is 32.2. The van der Waals surface area contributed by atoms with Crippen LogP contribution in [0.25, 0.3) is 0 Å². The molecule has 0 aromatic carbocycles. The number of carbonyl (C=O) groups is 2. The molecule has 7 heteroatoms. The first-order chi connectivity index (χ1) is 11.5. The SMILES string of the molecule is COc1ccc(NC(=O)[C@@H]2C[C@H]2C)c(N2CCN(C(C)=O)CC2)n1. The number of pyridine rings is 1. The van der Waals surface area contributed by atoms with Gasteiger partial charge >= 0.3 is 0 Å². The molecule has 1 aromatic rings. The Kier molecular flexibility index (Phi) is 4.59. The molecule has 1 aromatic heterocycles. The largest absolute Gasteiger partial charge is 0.481 e. The fourth-order valence-corrected chi connectivity index (χ4v) is 3.03. The van der Waals surface area contributed by atoms with Crippen molar-refractivity contribution in [2.45, 2.75) is 20.3 Å². The fourth-order valence-electron chi connectivity index (χ4n) is 3.03. The summed E-state index contributed by atoms with van der Waals surface area (Å²) in [5.41, 5.74) is 0.705. The van der Waals surface area contributed by atoms with Crippen LogP contribution in [0.1, 0.15) is 20.3 Å². The van der Waals surface area contributed by atoms with E-state index in [1.807, 2.05) is 11.0 Å². The summed E-state index contributed by atoms with van der Waals surface area (Å²) in [5, 5.41) is 3.01. The molecule has 2 aliphatic rings. The number of aromatic nitrogens is 1. The third kappa shape index (κ3) is 3.44. The average Bonchev–Trinajstić information content (AvgIpc) is 3.32. The van der Waals surface area contributed by atoms with Gasteiger partial charge in [-0.25, -0.2) is 0 Å². The number of nitrogens with one attached hydrogen (secondary N) is 1. The van der Waals surface area contributed by atoms with E-state index in [0.717, 1.165) is 6.42 Å². The smallest absolute Gasteiger partial charge is 0.227 e. The number of anilines is 2. The van der Waals surface area contributed by atoms with Crippen LogP contribution in [-0.2, 0) is 9.59 Å². The fraction of sp³-hybridized carbons (Fsp3) is 0.588. The predicted octanol–water partition coefficient (Wildman–Crippen LogP) is 1.35. The molecule has 3 rings (SSSR count). The number of carbonyl (C=O) groups excluding carboxylic acids is 2. The zero-order valence-corrected chi connectivity index (χ0v) is 14.4. The maximum atomic E-state index is 12.3. The monoisotopic (exact) mass is 332 g/mol. The molecule has 2 fully saturated rings. The molecule has 1 saturated carbocycles. The second kappa shape index (κ2) is 6.67. The van der Waals surface area contributed by atoms with Gasteiger partial charge in [-0.2, -0.15) is 4.98 Å². The Labute approximate surface area is 142 Å². The van der Waals surface area contributed by atoms with Gasteiger partial charge in [-0.3, -0.25) is 9.59 Å². The standard InChI is InChI=1S/C17H24N4O3/c1-11-10-13(11)17(23)18-14-4-5-15(24-3)19-16(14)21-8-6-20(7-9-21)12(2)22/h4-5,11,13H,6-10H2,1-3H3,(H,18,23)/t11-,13-/m1/s1. The zero-order chi connectivity index (χ0) is 17.3. The lowest BCUT2D eigenvalue weighted by Crippen LogP contribution is -2.48. The summed E-state index contributed by atoms with van der Waals surface area (Å²) in [6, 6.07) is 3.59. The van der Waals surface area contributed by atoms with Crippen LogP contribution in [0, 0.1) is 11.8 Å². The number of piperazine rings is 1. The van der Waals surface area contributed by atoms with Crippen LogP contribution < -0.4 is 15.0 Å². The van der Waals surface area contributed by atoms with Crippen molar-refractivity contribution in [3.8, 4) is 5.88 Å². The van der Waals surface area contributed by atoms with E-state index in [2.05, 4.69) is 22.1 Å². The molecule has 1 aliphatic carbocycles. The lowest BCUT2D eigenvalue weighted by atomic mass is 10.2. The van der Waals surface area contributed by atoms with Gasteiger partial charge in [-0.05, 0) is 18.4 Å². The van der Waals surface area contributed by atoms with Crippen molar-refractivity contribution in [3.05, 3.63) is 12.1 Å². The number of nitrogens with zero attached hydrogens (tertiary/aromatic N) is 3. The number of amides is 2. The molecule has 1 aliphatic heterocycles. The van der Waals surface area contributed by atoms with Gasteiger partial charge in [-0.1, -0.05) is 6.92 Å². The van der Waals surface area contributed by atoms with E-state index in [0.29, 0.717) is 49.5 Å². The van der Waals surface area contributed by atoms with E-state index in [1.54, 1.807) is 20.1 Å². The molecule has 1 saturated heterocycles. The van der Waals surface area contributed by atoms with Crippen molar-refractivity contribution in [3.63, 3.8) is 0 Å². The van der Waals surface area contributed by atoms with Gasteiger partial charge in [0.1, 0.15) is 0 Å². The van der Waals surface area contributed by atoms with E-state index in [-0.39, 0.29) is 17.7 Å². The molecule has 2 heterocycles. The highest BCUT2D eigenvalue weighted by molar-refractivity contribution is 5.96. The molecule has 0 bridgehead atoms. The summed E-state index contributed by atoms with van der Waals surface area (Å²) in [7, 11) is 1.57. The average molecular weight is 332 g/mol. The van der Waals surface area contributed by atoms with Crippen LogP contribution in [0.2, 0.25) is 0 Å². The molecule has 24 heavy (non-hydrogen) atoms. The molecule has 0 spiro atoms. The molecule has 0 unspecified atom stereocenters. The maximum Gasteiger partial charge on any atom is 0.227 e. The van der Waals surface area contributed by atoms with E-state index < -0.39 is 0 Å². The Hall–Kier alpha value is -2.31. The van der Waals surface area contributed by atoms with Crippen LogP contribution in [0.5, 0.6) is 5.88 Å². The van der Waals surface area contributed by atoms with E-state index >= 15 is 0 Å². The van der Waals surface area contributed by atoms with Gasteiger partial charge in [0.05, 0.1) is 12.8 Å². The maximum absolute atomic E-state index is 12.3. The molecule has 2 atom stereocenters. The van der Waals surface area contributed by atoms with Crippen LogP contribution in [-0.4, -0.2) is 55.0 Å². The van der Waals surface area contributed by atoms with Crippen LogP contribution >= 0.6 is 0 Å². The van der Waals surface area contributed by atoms with Gasteiger partial charge in [-0.15, -0.1) is 0 Å². The lowest BCUT2D eigenvalue weighted by Gasteiger charge is -2.35. The predicted molar refractivity (Wildman–Crippen MR) is 91.2 cm³/mol. The molecule has 130 valence electrons. The molecular formula is C17H24N4O3. The number of ether oxygens (including phenoxy) is 1. The Balaban J connectivity index is 1.77. The molecule has 1 N–H and O–H groups in total. The second-order valence-corrected chi connectivity index (χ2v) is 6.53. The molecule has 0 radical (unpaired) electrons. The van der Waals surface area contributed by atoms with Crippen molar-refractivity contribution in [2.75, 3.05) is 43.5 Å². The van der Waals surface area contributed by atoms with E-state index in [9.17, 15) is 9.59 Å². The normalized spacial score (nSPS) is 23.0.